The number of hydrogen-bond acceptors (Lipinski definition) is 2. The Morgan fingerprint density at radius 1 is 1.53 bits per heavy atom. The molecule has 92 valence electrons. The molecule has 1 aromatic rings. The van der Waals surface area contributed by atoms with Gasteiger partial charge >= 0.3 is 0 Å². The van der Waals surface area contributed by atoms with E-state index in [-0.39, 0.29) is 5.91 Å². The fourth-order valence-corrected chi connectivity index (χ4v) is 2.60. The molecule has 0 spiro atoms. The first kappa shape index (κ1) is 12.6. The van der Waals surface area contributed by atoms with E-state index >= 15 is 0 Å². The van der Waals surface area contributed by atoms with Crippen molar-refractivity contribution in [2.75, 3.05) is 6.54 Å². The number of carbonyl (C=O) groups is 1. The van der Waals surface area contributed by atoms with Crippen molar-refractivity contribution in [2.45, 2.75) is 32.6 Å². The molecule has 1 aromatic heterocycles. The van der Waals surface area contributed by atoms with E-state index in [1.165, 1.54) is 19.3 Å². The van der Waals surface area contributed by atoms with Crippen LogP contribution >= 0.6 is 15.9 Å². The molecule has 0 saturated heterocycles. The van der Waals surface area contributed by atoms with Crippen LogP contribution in [0.25, 0.3) is 0 Å². The normalized spacial score (nSPS) is 17.3. The van der Waals surface area contributed by atoms with E-state index in [1.54, 1.807) is 18.5 Å². The standard InChI is InChI=1S/C13H17BrN2O/c1-2-13(4-3-5-13)9-16-12(17)10-6-11(14)8-15-7-10/h6-8H,2-5,9H2,1H3,(H,16,17). The Morgan fingerprint density at radius 2 is 2.29 bits per heavy atom. The number of hydrogen-bond donors (Lipinski definition) is 1. The smallest absolute Gasteiger partial charge is 0.252 e. The van der Waals surface area contributed by atoms with Crippen molar-refractivity contribution in [1.82, 2.24) is 10.3 Å². The van der Waals surface area contributed by atoms with Gasteiger partial charge in [0, 0.05) is 23.4 Å². The SMILES string of the molecule is CCC1(CNC(=O)c2cncc(Br)c2)CCC1. The quantitative estimate of drug-likeness (QED) is 0.927. The predicted molar refractivity (Wildman–Crippen MR) is 70.8 cm³/mol. The van der Waals surface area contributed by atoms with Gasteiger partial charge in [0.2, 0.25) is 0 Å². The molecule has 2 rings (SSSR count). The highest BCUT2D eigenvalue weighted by atomic mass is 79.9. The summed E-state index contributed by atoms with van der Waals surface area (Å²) in [5.74, 6) is -0.0291. The van der Waals surface area contributed by atoms with Crippen molar-refractivity contribution in [1.29, 1.82) is 0 Å². The van der Waals surface area contributed by atoms with Crippen molar-refractivity contribution in [2.24, 2.45) is 5.41 Å². The molecule has 1 N–H and O–H groups in total. The van der Waals surface area contributed by atoms with Gasteiger partial charge in [0.25, 0.3) is 5.91 Å². The van der Waals surface area contributed by atoms with Gasteiger partial charge in [-0.05, 0) is 46.7 Å². The zero-order valence-corrected chi connectivity index (χ0v) is 11.6. The Morgan fingerprint density at radius 3 is 2.82 bits per heavy atom. The first-order chi connectivity index (χ1) is 8.15. The van der Waals surface area contributed by atoms with Gasteiger partial charge in [-0.2, -0.15) is 0 Å². The molecule has 4 heteroatoms. The lowest BCUT2D eigenvalue weighted by Crippen LogP contribution is -2.41. The minimum absolute atomic E-state index is 0.0291. The molecule has 0 radical (unpaired) electrons. The number of nitrogens with zero attached hydrogens (tertiary/aromatic N) is 1. The Balaban J connectivity index is 1.93. The number of carbonyl (C=O) groups excluding carboxylic acids is 1. The minimum atomic E-state index is -0.0291. The maximum atomic E-state index is 11.9. The molecule has 0 aromatic carbocycles. The van der Waals surface area contributed by atoms with E-state index in [0.717, 1.165) is 17.4 Å². The van der Waals surface area contributed by atoms with Gasteiger partial charge in [-0.15, -0.1) is 0 Å². The van der Waals surface area contributed by atoms with Crippen LogP contribution in [0.4, 0.5) is 0 Å². The number of rotatable bonds is 4. The second-order valence-electron chi connectivity index (χ2n) is 4.78. The summed E-state index contributed by atoms with van der Waals surface area (Å²) in [6.45, 7) is 2.99. The van der Waals surface area contributed by atoms with E-state index in [2.05, 4.69) is 33.2 Å². The Hall–Kier alpha value is -0.900. The highest BCUT2D eigenvalue weighted by Gasteiger charge is 2.35. The van der Waals surface area contributed by atoms with Crippen molar-refractivity contribution in [3.8, 4) is 0 Å². The summed E-state index contributed by atoms with van der Waals surface area (Å²) in [7, 11) is 0. The molecular weight excluding hydrogens is 280 g/mol. The van der Waals surface area contributed by atoms with Gasteiger partial charge in [-0.1, -0.05) is 13.3 Å². The highest BCUT2D eigenvalue weighted by Crippen LogP contribution is 2.43. The molecule has 1 aliphatic carbocycles. The molecular formula is C13H17BrN2O. The zero-order chi connectivity index (χ0) is 12.3. The Bertz CT molecular complexity index is 410. The molecule has 1 fully saturated rings. The third-order valence-electron chi connectivity index (χ3n) is 3.76. The van der Waals surface area contributed by atoms with E-state index < -0.39 is 0 Å². The molecule has 1 heterocycles. The summed E-state index contributed by atoms with van der Waals surface area (Å²) in [4.78, 5) is 15.9. The van der Waals surface area contributed by atoms with Crippen LogP contribution in [0.5, 0.6) is 0 Å². The van der Waals surface area contributed by atoms with Crippen LogP contribution in [0, 0.1) is 5.41 Å². The van der Waals surface area contributed by atoms with E-state index in [4.69, 9.17) is 0 Å². The zero-order valence-electron chi connectivity index (χ0n) is 10.0. The van der Waals surface area contributed by atoms with Crippen molar-refractivity contribution >= 4 is 21.8 Å². The fraction of sp³-hybridized carbons (Fsp3) is 0.538. The van der Waals surface area contributed by atoms with Crippen LogP contribution in [0.3, 0.4) is 0 Å². The van der Waals surface area contributed by atoms with Gasteiger partial charge in [-0.25, -0.2) is 0 Å². The van der Waals surface area contributed by atoms with Gasteiger partial charge < -0.3 is 5.32 Å². The summed E-state index contributed by atoms with van der Waals surface area (Å²) < 4.78 is 0.832. The van der Waals surface area contributed by atoms with Crippen molar-refractivity contribution < 1.29 is 4.79 Å². The minimum Gasteiger partial charge on any atom is -0.351 e. The molecule has 0 bridgehead atoms. The lowest BCUT2D eigenvalue weighted by molar-refractivity contribution is 0.0849. The maximum absolute atomic E-state index is 11.9. The fourth-order valence-electron chi connectivity index (χ4n) is 2.24. The van der Waals surface area contributed by atoms with Crippen molar-refractivity contribution in [3.63, 3.8) is 0 Å². The summed E-state index contributed by atoms with van der Waals surface area (Å²) in [6.07, 6.45) is 8.18. The summed E-state index contributed by atoms with van der Waals surface area (Å²) in [6, 6.07) is 1.79. The van der Waals surface area contributed by atoms with Crippen molar-refractivity contribution in [3.05, 3.63) is 28.5 Å². The molecule has 3 nitrogen and oxygen atoms in total. The first-order valence-corrected chi connectivity index (χ1v) is 6.83. The Kier molecular flexibility index (Phi) is 3.82. The number of nitrogens with one attached hydrogen (secondary N) is 1. The first-order valence-electron chi connectivity index (χ1n) is 6.04. The third-order valence-corrected chi connectivity index (χ3v) is 4.19. The van der Waals surface area contributed by atoms with Crippen LogP contribution in [0.2, 0.25) is 0 Å². The molecule has 1 aliphatic rings. The summed E-state index contributed by atoms with van der Waals surface area (Å²) in [5, 5.41) is 3.02. The number of aromatic nitrogens is 1. The van der Waals surface area contributed by atoms with Crippen LogP contribution in [-0.4, -0.2) is 17.4 Å². The van der Waals surface area contributed by atoms with Crippen LogP contribution < -0.4 is 5.32 Å². The summed E-state index contributed by atoms with van der Waals surface area (Å²) >= 11 is 3.32. The topological polar surface area (TPSA) is 42.0 Å². The summed E-state index contributed by atoms with van der Waals surface area (Å²) in [5.41, 5.74) is 0.972. The second kappa shape index (κ2) is 5.17. The van der Waals surface area contributed by atoms with Gasteiger partial charge in [0.15, 0.2) is 0 Å². The lowest BCUT2D eigenvalue weighted by atomic mass is 9.67. The van der Waals surface area contributed by atoms with Gasteiger partial charge in [0.1, 0.15) is 0 Å². The van der Waals surface area contributed by atoms with Crippen LogP contribution in [0.15, 0.2) is 22.9 Å². The van der Waals surface area contributed by atoms with Gasteiger partial charge in [0.05, 0.1) is 5.56 Å². The lowest BCUT2D eigenvalue weighted by Gasteiger charge is -2.41. The maximum Gasteiger partial charge on any atom is 0.252 e. The van der Waals surface area contributed by atoms with E-state index in [9.17, 15) is 4.79 Å². The number of pyridine rings is 1. The average Bonchev–Trinajstić information content (AvgIpc) is 2.28. The second-order valence-corrected chi connectivity index (χ2v) is 5.70. The molecule has 0 unspecified atom stereocenters. The molecule has 0 atom stereocenters. The number of amides is 1. The van der Waals surface area contributed by atoms with E-state index in [1.807, 2.05) is 0 Å². The highest BCUT2D eigenvalue weighted by molar-refractivity contribution is 9.10. The molecule has 17 heavy (non-hydrogen) atoms. The third kappa shape index (κ3) is 2.86. The molecule has 0 aliphatic heterocycles. The largest absolute Gasteiger partial charge is 0.351 e. The van der Waals surface area contributed by atoms with Crippen LogP contribution in [0.1, 0.15) is 43.0 Å². The average molecular weight is 297 g/mol. The van der Waals surface area contributed by atoms with Crippen LogP contribution in [-0.2, 0) is 0 Å². The monoisotopic (exact) mass is 296 g/mol. The van der Waals surface area contributed by atoms with E-state index in [0.29, 0.717) is 11.0 Å². The van der Waals surface area contributed by atoms with Gasteiger partial charge in [-0.3, -0.25) is 9.78 Å². The predicted octanol–water partition coefficient (Wildman–Crippen LogP) is 3.15. The molecule has 1 saturated carbocycles. The Labute approximate surface area is 110 Å². The number of halogens is 1. The molecule has 1 amide bonds.